The van der Waals surface area contributed by atoms with Crippen LogP contribution in [-0.2, 0) is 0 Å². The van der Waals surface area contributed by atoms with E-state index in [1.165, 1.54) is 0 Å². The van der Waals surface area contributed by atoms with E-state index < -0.39 is 0 Å². The van der Waals surface area contributed by atoms with Crippen molar-refractivity contribution in [3.8, 4) is 44.9 Å². The highest BCUT2D eigenvalue weighted by Crippen LogP contribution is 2.36. The molecule has 5 aromatic carbocycles. The number of nitrogens with zero attached hydrogens (tertiary/aromatic N) is 4. The first-order valence-electron chi connectivity index (χ1n) is 15.4. The van der Waals surface area contributed by atoms with Crippen molar-refractivity contribution >= 4 is 43.6 Å². The van der Waals surface area contributed by atoms with Gasteiger partial charge in [-0.3, -0.25) is 4.98 Å². The average Bonchev–Trinajstić information content (AvgIpc) is 3.14. The van der Waals surface area contributed by atoms with Gasteiger partial charge in [0, 0.05) is 44.4 Å². The number of hydrogen-bond donors (Lipinski definition) is 0. The van der Waals surface area contributed by atoms with E-state index in [-0.39, 0.29) is 0 Å². The number of rotatable bonds is 4. The van der Waals surface area contributed by atoms with Gasteiger partial charge in [0.1, 0.15) is 0 Å². The molecule has 0 unspecified atom stereocenters. The average molecular weight is 587 g/mol. The standard InChI is InChI=1S/C42H26N4/c1-3-10-28(11-4-1)37-25-33(26-38(44-37)29-12-5-2-6-13-29)27-17-19-31(20-18-27)39-35-24-32-22-21-30-14-9-23-43-40(30)41(32)46-42(35)34-15-7-8-16-36(34)45-39/h1-26H. The van der Waals surface area contributed by atoms with Crippen LogP contribution in [0.4, 0.5) is 0 Å². The van der Waals surface area contributed by atoms with Crippen LogP contribution >= 0.6 is 0 Å². The van der Waals surface area contributed by atoms with Gasteiger partial charge in [0.05, 0.1) is 39.1 Å². The lowest BCUT2D eigenvalue weighted by molar-refractivity contribution is 1.32. The van der Waals surface area contributed by atoms with Gasteiger partial charge in [-0.05, 0) is 41.5 Å². The number of aromatic nitrogens is 4. The van der Waals surface area contributed by atoms with Crippen LogP contribution in [0.2, 0.25) is 0 Å². The lowest BCUT2D eigenvalue weighted by atomic mass is 9.97. The van der Waals surface area contributed by atoms with Crippen molar-refractivity contribution in [1.82, 2.24) is 19.9 Å². The zero-order chi connectivity index (χ0) is 30.5. The summed E-state index contributed by atoms with van der Waals surface area (Å²) in [6.45, 7) is 0. The minimum absolute atomic E-state index is 0.907. The minimum atomic E-state index is 0.907. The van der Waals surface area contributed by atoms with Gasteiger partial charge in [-0.2, -0.15) is 0 Å². The summed E-state index contributed by atoms with van der Waals surface area (Å²) < 4.78 is 0. The molecule has 0 aliphatic carbocycles. The second-order valence-corrected chi connectivity index (χ2v) is 11.5. The van der Waals surface area contributed by atoms with E-state index in [2.05, 4.69) is 126 Å². The summed E-state index contributed by atoms with van der Waals surface area (Å²) in [7, 11) is 0. The molecule has 0 saturated heterocycles. The normalized spacial score (nSPS) is 11.5. The lowest BCUT2D eigenvalue weighted by Crippen LogP contribution is -1.94. The van der Waals surface area contributed by atoms with Gasteiger partial charge >= 0.3 is 0 Å². The van der Waals surface area contributed by atoms with Crippen LogP contribution in [0.25, 0.3) is 88.5 Å². The van der Waals surface area contributed by atoms with Crippen molar-refractivity contribution in [3.05, 3.63) is 158 Å². The molecule has 0 aliphatic rings. The summed E-state index contributed by atoms with van der Waals surface area (Å²) in [6, 6.07) is 52.5. The molecule has 214 valence electrons. The van der Waals surface area contributed by atoms with Crippen LogP contribution in [0.3, 0.4) is 0 Å². The Labute approximate surface area is 265 Å². The maximum atomic E-state index is 5.25. The number of hydrogen-bond acceptors (Lipinski definition) is 4. The molecule has 0 spiro atoms. The molecule has 0 bridgehead atoms. The van der Waals surface area contributed by atoms with Crippen molar-refractivity contribution in [2.24, 2.45) is 0 Å². The van der Waals surface area contributed by atoms with Crippen LogP contribution in [0.5, 0.6) is 0 Å². The highest BCUT2D eigenvalue weighted by Gasteiger charge is 2.15. The predicted octanol–water partition coefficient (Wildman–Crippen LogP) is 10.5. The highest BCUT2D eigenvalue weighted by atomic mass is 14.8. The Morgan fingerprint density at radius 1 is 0.348 bits per heavy atom. The summed E-state index contributed by atoms with van der Waals surface area (Å²) >= 11 is 0. The van der Waals surface area contributed by atoms with Gasteiger partial charge in [-0.25, -0.2) is 15.0 Å². The molecule has 4 nitrogen and oxygen atoms in total. The molecular weight excluding hydrogens is 560 g/mol. The van der Waals surface area contributed by atoms with Crippen LogP contribution in [0.15, 0.2) is 158 Å². The number of para-hydroxylation sites is 1. The van der Waals surface area contributed by atoms with E-state index in [1.807, 2.05) is 36.5 Å². The van der Waals surface area contributed by atoms with Crippen LogP contribution in [0, 0.1) is 0 Å². The highest BCUT2D eigenvalue weighted by molar-refractivity contribution is 6.15. The fraction of sp³-hybridized carbons (Fsp3) is 0. The number of pyridine rings is 4. The molecule has 0 fully saturated rings. The molecule has 4 heteroatoms. The van der Waals surface area contributed by atoms with Crippen LogP contribution in [0.1, 0.15) is 0 Å². The van der Waals surface area contributed by atoms with Crippen molar-refractivity contribution in [2.45, 2.75) is 0 Å². The van der Waals surface area contributed by atoms with Gasteiger partial charge in [-0.15, -0.1) is 0 Å². The number of fused-ring (bicyclic) bond motifs is 6. The lowest BCUT2D eigenvalue weighted by Gasteiger charge is -2.13. The summed E-state index contributed by atoms with van der Waals surface area (Å²) in [5, 5.41) is 4.19. The summed E-state index contributed by atoms with van der Waals surface area (Å²) in [4.78, 5) is 20.2. The SMILES string of the molecule is c1ccc(-c2cc(-c3ccc(-c4nc5ccccc5c5nc6c(ccc7cccnc76)cc45)cc3)cc(-c3ccccc3)n2)cc1. The first kappa shape index (κ1) is 26.2. The molecule has 0 radical (unpaired) electrons. The van der Waals surface area contributed by atoms with E-state index in [4.69, 9.17) is 15.0 Å². The molecule has 4 aromatic heterocycles. The first-order chi connectivity index (χ1) is 22.8. The molecule has 9 rings (SSSR count). The van der Waals surface area contributed by atoms with Crippen molar-refractivity contribution < 1.29 is 0 Å². The van der Waals surface area contributed by atoms with Crippen molar-refractivity contribution in [3.63, 3.8) is 0 Å². The maximum Gasteiger partial charge on any atom is 0.0972 e. The molecule has 0 aliphatic heterocycles. The fourth-order valence-corrected chi connectivity index (χ4v) is 6.36. The van der Waals surface area contributed by atoms with Gasteiger partial charge in [0.25, 0.3) is 0 Å². The Balaban J connectivity index is 1.21. The third-order valence-corrected chi connectivity index (χ3v) is 8.66. The Morgan fingerprint density at radius 2 is 1.00 bits per heavy atom. The molecule has 46 heavy (non-hydrogen) atoms. The summed E-state index contributed by atoms with van der Waals surface area (Å²) in [5.74, 6) is 0. The summed E-state index contributed by atoms with van der Waals surface area (Å²) in [5.41, 5.74) is 11.9. The zero-order valence-electron chi connectivity index (χ0n) is 24.8. The fourth-order valence-electron chi connectivity index (χ4n) is 6.36. The monoisotopic (exact) mass is 586 g/mol. The van der Waals surface area contributed by atoms with E-state index in [0.29, 0.717) is 0 Å². The molecule has 0 atom stereocenters. The topological polar surface area (TPSA) is 51.6 Å². The van der Waals surface area contributed by atoms with E-state index in [1.54, 1.807) is 0 Å². The smallest absolute Gasteiger partial charge is 0.0972 e. The van der Waals surface area contributed by atoms with E-state index in [0.717, 1.165) is 88.5 Å². The third kappa shape index (κ3) is 4.47. The molecule has 0 N–H and O–H groups in total. The van der Waals surface area contributed by atoms with Gasteiger partial charge in [-0.1, -0.05) is 121 Å². The Kier molecular flexibility index (Phi) is 6.10. The van der Waals surface area contributed by atoms with Crippen LogP contribution < -0.4 is 0 Å². The Hall–Kier alpha value is -6.26. The molecular formula is C42H26N4. The molecule has 4 heterocycles. The second kappa shape index (κ2) is 10.7. The quantitative estimate of drug-likeness (QED) is 0.152. The zero-order valence-corrected chi connectivity index (χ0v) is 24.8. The Morgan fingerprint density at radius 3 is 1.74 bits per heavy atom. The summed E-state index contributed by atoms with van der Waals surface area (Å²) in [6.07, 6.45) is 1.83. The predicted molar refractivity (Wildman–Crippen MR) is 189 cm³/mol. The number of benzene rings is 5. The molecule has 0 saturated carbocycles. The van der Waals surface area contributed by atoms with Gasteiger partial charge in [0.15, 0.2) is 0 Å². The maximum absolute atomic E-state index is 5.25. The van der Waals surface area contributed by atoms with E-state index >= 15 is 0 Å². The molecule has 9 aromatic rings. The first-order valence-corrected chi connectivity index (χ1v) is 15.4. The Bertz CT molecular complexity index is 2500. The van der Waals surface area contributed by atoms with Crippen LogP contribution in [-0.4, -0.2) is 19.9 Å². The largest absolute Gasteiger partial charge is 0.254 e. The van der Waals surface area contributed by atoms with Gasteiger partial charge in [0.2, 0.25) is 0 Å². The minimum Gasteiger partial charge on any atom is -0.254 e. The second-order valence-electron chi connectivity index (χ2n) is 11.5. The third-order valence-electron chi connectivity index (χ3n) is 8.66. The van der Waals surface area contributed by atoms with Crippen molar-refractivity contribution in [1.29, 1.82) is 0 Å². The van der Waals surface area contributed by atoms with Gasteiger partial charge < -0.3 is 0 Å². The molecule has 0 amide bonds. The van der Waals surface area contributed by atoms with E-state index in [9.17, 15) is 0 Å². The van der Waals surface area contributed by atoms with Crippen molar-refractivity contribution in [2.75, 3.05) is 0 Å².